The minimum atomic E-state index is -0.461. The molecule has 0 aliphatic rings. The van der Waals surface area contributed by atoms with Gasteiger partial charge in [0.25, 0.3) is 0 Å². The highest BCUT2D eigenvalue weighted by molar-refractivity contribution is 5.48. The fourth-order valence-electron chi connectivity index (χ4n) is 1.56. The van der Waals surface area contributed by atoms with Crippen LogP contribution in [-0.2, 0) is 0 Å². The Balaban J connectivity index is 2.62. The third-order valence-corrected chi connectivity index (χ3v) is 2.84. The lowest BCUT2D eigenvalue weighted by molar-refractivity contribution is 0.519. The first-order chi connectivity index (χ1) is 7.71. The van der Waals surface area contributed by atoms with Crippen LogP contribution in [0.4, 0.5) is 10.1 Å². The van der Waals surface area contributed by atoms with Gasteiger partial charge < -0.3 is 5.32 Å². The summed E-state index contributed by atoms with van der Waals surface area (Å²) in [6, 6.07) is 6.43. The number of hydrogen-bond acceptors (Lipinski definition) is 2. The van der Waals surface area contributed by atoms with Crippen LogP contribution in [0.2, 0.25) is 0 Å². The number of nitriles is 1. The van der Waals surface area contributed by atoms with Crippen LogP contribution in [0, 0.1) is 23.1 Å². The molecule has 2 nitrogen and oxygen atoms in total. The Hall–Kier alpha value is -1.56. The van der Waals surface area contributed by atoms with Crippen LogP contribution in [0.3, 0.4) is 0 Å². The second-order valence-corrected chi connectivity index (χ2v) is 3.87. The number of benzene rings is 1. The van der Waals surface area contributed by atoms with Crippen LogP contribution >= 0.6 is 0 Å². The summed E-state index contributed by atoms with van der Waals surface area (Å²) in [5.74, 6) is 0.149. The molecule has 0 heterocycles. The molecule has 0 spiro atoms. The van der Waals surface area contributed by atoms with Crippen molar-refractivity contribution in [3.05, 3.63) is 29.6 Å². The zero-order valence-corrected chi connectivity index (χ0v) is 9.76. The maximum absolute atomic E-state index is 13.3. The molecule has 0 saturated heterocycles. The molecule has 0 fully saturated rings. The van der Waals surface area contributed by atoms with Gasteiger partial charge in [-0.25, -0.2) is 4.39 Å². The van der Waals surface area contributed by atoms with Gasteiger partial charge in [0.1, 0.15) is 11.9 Å². The molecule has 3 heteroatoms. The number of nitrogens with one attached hydrogen (secondary N) is 1. The van der Waals surface area contributed by atoms with Crippen molar-refractivity contribution in [2.24, 2.45) is 5.92 Å². The van der Waals surface area contributed by atoms with Gasteiger partial charge in [-0.15, -0.1) is 0 Å². The molecule has 0 aliphatic heterocycles. The monoisotopic (exact) mass is 220 g/mol. The average Bonchev–Trinajstić information content (AvgIpc) is 2.30. The number of hydrogen-bond donors (Lipinski definition) is 1. The smallest absolute Gasteiger partial charge is 0.143 e. The fraction of sp³-hybridized carbons (Fsp3) is 0.462. The summed E-state index contributed by atoms with van der Waals surface area (Å²) in [6.45, 7) is 5.14. The Bertz CT molecular complexity index is 378. The first-order valence-corrected chi connectivity index (χ1v) is 5.64. The van der Waals surface area contributed by atoms with Crippen LogP contribution in [0.15, 0.2) is 18.2 Å². The van der Waals surface area contributed by atoms with Gasteiger partial charge in [-0.2, -0.15) is 5.26 Å². The Labute approximate surface area is 96.1 Å². The molecule has 1 N–H and O–H groups in total. The van der Waals surface area contributed by atoms with E-state index >= 15 is 0 Å². The van der Waals surface area contributed by atoms with E-state index < -0.39 is 5.82 Å². The predicted molar refractivity (Wildman–Crippen MR) is 63.7 cm³/mol. The topological polar surface area (TPSA) is 35.8 Å². The van der Waals surface area contributed by atoms with Crippen molar-refractivity contribution in [3.8, 4) is 6.07 Å². The lowest BCUT2D eigenvalue weighted by Crippen LogP contribution is -2.12. The molecule has 0 atom stereocenters. The molecule has 1 aromatic rings. The van der Waals surface area contributed by atoms with Crippen LogP contribution in [0.5, 0.6) is 0 Å². The quantitative estimate of drug-likeness (QED) is 0.823. The zero-order chi connectivity index (χ0) is 12.0. The minimum Gasteiger partial charge on any atom is -0.385 e. The highest BCUT2D eigenvalue weighted by Crippen LogP contribution is 2.15. The lowest BCUT2D eigenvalue weighted by atomic mass is 10.0. The average molecular weight is 220 g/mol. The van der Waals surface area contributed by atoms with E-state index in [1.807, 2.05) is 0 Å². The third kappa shape index (κ3) is 3.23. The third-order valence-electron chi connectivity index (χ3n) is 2.84. The maximum Gasteiger partial charge on any atom is 0.143 e. The van der Waals surface area contributed by atoms with Crippen LogP contribution in [-0.4, -0.2) is 6.54 Å². The van der Waals surface area contributed by atoms with E-state index in [-0.39, 0.29) is 5.56 Å². The molecule has 0 unspecified atom stereocenters. The van der Waals surface area contributed by atoms with E-state index in [9.17, 15) is 4.39 Å². The second-order valence-electron chi connectivity index (χ2n) is 3.87. The predicted octanol–water partition coefficient (Wildman–Crippen LogP) is 3.55. The van der Waals surface area contributed by atoms with E-state index in [2.05, 4.69) is 19.2 Å². The molecule has 0 aliphatic carbocycles. The van der Waals surface area contributed by atoms with Crippen LogP contribution in [0.1, 0.15) is 32.3 Å². The maximum atomic E-state index is 13.3. The minimum absolute atomic E-state index is 0.0908. The number of rotatable bonds is 5. The molecular weight excluding hydrogens is 203 g/mol. The number of nitrogens with zero attached hydrogens (tertiary/aromatic N) is 1. The van der Waals surface area contributed by atoms with Crippen LogP contribution in [0.25, 0.3) is 0 Å². The SMILES string of the molecule is CCC(CC)CNc1ccc(C#N)c(F)c1. The Morgan fingerprint density at radius 3 is 2.56 bits per heavy atom. The summed E-state index contributed by atoms with van der Waals surface area (Å²) in [4.78, 5) is 0. The Kier molecular flexibility index (Phi) is 4.78. The zero-order valence-electron chi connectivity index (χ0n) is 9.76. The standard InChI is InChI=1S/C13H17FN2/c1-3-10(4-2)9-16-12-6-5-11(8-15)13(14)7-12/h5-7,10,16H,3-4,9H2,1-2H3. The molecule has 0 amide bonds. The summed E-state index contributed by atoms with van der Waals surface area (Å²) < 4.78 is 13.3. The second kappa shape index (κ2) is 6.12. The van der Waals surface area contributed by atoms with E-state index in [1.165, 1.54) is 12.1 Å². The Morgan fingerprint density at radius 1 is 1.38 bits per heavy atom. The van der Waals surface area contributed by atoms with Crippen LogP contribution < -0.4 is 5.32 Å². The molecule has 0 bridgehead atoms. The van der Waals surface area contributed by atoms with Gasteiger partial charge in [0.05, 0.1) is 5.56 Å². The molecule has 1 rings (SSSR count). The molecular formula is C13H17FN2. The summed E-state index contributed by atoms with van der Waals surface area (Å²) in [5, 5.41) is 11.8. The molecule has 86 valence electrons. The Morgan fingerprint density at radius 2 is 2.06 bits per heavy atom. The normalized spacial score (nSPS) is 10.2. The number of anilines is 1. The van der Waals surface area contributed by atoms with Crippen molar-refractivity contribution in [3.63, 3.8) is 0 Å². The van der Waals surface area contributed by atoms with Gasteiger partial charge in [-0.3, -0.25) is 0 Å². The van der Waals surface area contributed by atoms with E-state index in [1.54, 1.807) is 12.1 Å². The van der Waals surface area contributed by atoms with Gasteiger partial charge in [-0.1, -0.05) is 26.7 Å². The van der Waals surface area contributed by atoms with Gasteiger partial charge in [0, 0.05) is 12.2 Å². The van der Waals surface area contributed by atoms with Gasteiger partial charge in [-0.05, 0) is 24.1 Å². The van der Waals surface area contributed by atoms with Crippen molar-refractivity contribution >= 4 is 5.69 Å². The molecule has 0 radical (unpaired) electrons. The fourth-order valence-corrected chi connectivity index (χ4v) is 1.56. The van der Waals surface area contributed by atoms with E-state index in [0.717, 1.165) is 25.1 Å². The van der Waals surface area contributed by atoms with Gasteiger partial charge in [0.15, 0.2) is 0 Å². The largest absolute Gasteiger partial charge is 0.385 e. The van der Waals surface area contributed by atoms with Crippen molar-refractivity contribution in [2.45, 2.75) is 26.7 Å². The molecule has 0 saturated carbocycles. The van der Waals surface area contributed by atoms with Crippen molar-refractivity contribution < 1.29 is 4.39 Å². The number of halogens is 1. The summed E-state index contributed by atoms with van der Waals surface area (Å²) in [5.41, 5.74) is 0.830. The first kappa shape index (κ1) is 12.5. The summed E-state index contributed by atoms with van der Waals surface area (Å²) >= 11 is 0. The highest BCUT2D eigenvalue weighted by atomic mass is 19.1. The summed E-state index contributed by atoms with van der Waals surface area (Å²) in [7, 11) is 0. The summed E-state index contributed by atoms with van der Waals surface area (Å²) in [6.07, 6.45) is 2.23. The molecule has 16 heavy (non-hydrogen) atoms. The van der Waals surface area contributed by atoms with Crippen molar-refractivity contribution in [2.75, 3.05) is 11.9 Å². The van der Waals surface area contributed by atoms with E-state index in [4.69, 9.17) is 5.26 Å². The first-order valence-electron chi connectivity index (χ1n) is 5.64. The molecule has 1 aromatic carbocycles. The van der Waals surface area contributed by atoms with E-state index in [0.29, 0.717) is 5.92 Å². The van der Waals surface area contributed by atoms with Crippen molar-refractivity contribution in [1.29, 1.82) is 5.26 Å². The highest BCUT2D eigenvalue weighted by Gasteiger charge is 2.05. The van der Waals surface area contributed by atoms with Crippen molar-refractivity contribution in [1.82, 2.24) is 0 Å². The van der Waals surface area contributed by atoms with Gasteiger partial charge in [0.2, 0.25) is 0 Å². The van der Waals surface area contributed by atoms with Gasteiger partial charge >= 0.3 is 0 Å². The molecule has 0 aromatic heterocycles. The lowest BCUT2D eigenvalue weighted by Gasteiger charge is -2.14.